The van der Waals surface area contributed by atoms with Crippen LogP contribution < -0.4 is 5.32 Å². The molecule has 0 bridgehead atoms. The minimum absolute atomic E-state index is 0.0220. The maximum Gasteiger partial charge on any atom is 0.0613 e. The molecule has 2 N–H and O–H groups in total. The van der Waals surface area contributed by atoms with Crippen molar-refractivity contribution in [2.24, 2.45) is 0 Å². The Labute approximate surface area is 106 Å². The zero-order chi connectivity index (χ0) is 12.9. The molecule has 0 spiro atoms. The summed E-state index contributed by atoms with van der Waals surface area (Å²) in [5, 5.41) is 13.0. The zero-order valence-corrected chi connectivity index (χ0v) is 11.9. The van der Waals surface area contributed by atoms with Gasteiger partial charge >= 0.3 is 0 Å². The van der Waals surface area contributed by atoms with Crippen LogP contribution in [0.2, 0.25) is 0 Å². The average Bonchev–Trinajstić information content (AvgIpc) is 2.71. The van der Waals surface area contributed by atoms with Gasteiger partial charge in [0.2, 0.25) is 0 Å². The van der Waals surface area contributed by atoms with Gasteiger partial charge in [0.25, 0.3) is 0 Å². The minimum Gasteiger partial charge on any atom is -0.394 e. The Morgan fingerprint density at radius 1 is 1.29 bits per heavy atom. The van der Waals surface area contributed by atoms with Gasteiger partial charge in [-0.15, -0.1) is 0 Å². The maximum atomic E-state index is 9.58. The number of hydrogen-bond donors (Lipinski definition) is 2. The second-order valence-electron chi connectivity index (χ2n) is 5.65. The molecule has 0 heterocycles. The molecular formula is C13H29N3O. The molecule has 4 nitrogen and oxygen atoms in total. The first-order valence-corrected chi connectivity index (χ1v) is 6.74. The first-order chi connectivity index (χ1) is 8.03. The third-order valence-electron chi connectivity index (χ3n) is 3.96. The molecule has 2 atom stereocenters. The second kappa shape index (κ2) is 6.69. The number of aliphatic hydroxyl groups is 1. The van der Waals surface area contributed by atoms with Crippen LogP contribution in [0.4, 0.5) is 0 Å². The van der Waals surface area contributed by atoms with E-state index < -0.39 is 0 Å². The molecule has 4 heteroatoms. The Morgan fingerprint density at radius 2 is 2.00 bits per heavy atom. The Balaban J connectivity index is 2.42. The molecular weight excluding hydrogens is 214 g/mol. The van der Waals surface area contributed by atoms with E-state index in [0.29, 0.717) is 6.04 Å². The molecule has 1 saturated carbocycles. The molecule has 17 heavy (non-hydrogen) atoms. The highest BCUT2D eigenvalue weighted by atomic mass is 16.3. The second-order valence-corrected chi connectivity index (χ2v) is 5.65. The molecule has 102 valence electrons. The quantitative estimate of drug-likeness (QED) is 0.678. The third-order valence-corrected chi connectivity index (χ3v) is 3.96. The number of hydrogen-bond acceptors (Lipinski definition) is 4. The smallest absolute Gasteiger partial charge is 0.0613 e. The highest BCUT2D eigenvalue weighted by molar-refractivity contribution is 4.98. The predicted molar refractivity (Wildman–Crippen MR) is 72.3 cm³/mol. The average molecular weight is 243 g/mol. The maximum absolute atomic E-state index is 9.58. The van der Waals surface area contributed by atoms with E-state index in [4.69, 9.17) is 0 Å². The topological polar surface area (TPSA) is 38.7 Å². The van der Waals surface area contributed by atoms with Crippen molar-refractivity contribution < 1.29 is 5.11 Å². The van der Waals surface area contributed by atoms with Crippen LogP contribution in [-0.2, 0) is 0 Å². The molecule has 0 aromatic heterocycles. The summed E-state index contributed by atoms with van der Waals surface area (Å²) in [6.07, 6.45) is 3.35. The molecule has 2 unspecified atom stereocenters. The molecule has 0 radical (unpaired) electrons. The van der Waals surface area contributed by atoms with Gasteiger partial charge in [0.1, 0.15) is 0 Å². The lowest BCUT2D eigenvalue weighted by molar-refractivity contribution is 0.149. The minimum atomic E-state index is -0.0220. The molecule has 1 aliphatic rings. The van der Waals surface area contributed by atoms with Gasteiger partial charge in [0.05, 0.1) is 6.61 Å². The first-order valence-electron chi connectivity index (χ1n) is 6.74. The van der Waals surface area contributed by atoms with Gasteiger partial charge in [0, 0.05) is 24.7 Å². The van der Waals surface area contributed by atoms with E-state index in [9.17, 15) is 5.11 Å². The van der Waals surface area contributed by atoms with Crippen molar-refractivity contribution in [1.82, 2.24) is 15.1 Å². The van der Waals surface area contributed by atoms with Crippen LogP contribution in [0.5, 0.6) is 0 Å². The van der Waals surface area contributed by atoms with E-state index in [1.807, 2.05) is 0 Å². The number of aliphatic hydroxyl groups excluding tert-OH is 1. The van der Waals surface area contributed by atoms with E-state index in [2.05, 4.69) is 43.2 Å². The van der Waals surface area contributed by atoms with Crippen molar-refractivity contribution in [3.63, 3.8) is 0 Å². The fraction of sp³-hybridized carbons (Fsp3) is 1.00. The molecule has 0 aromatic rings. The van der Waals surface area contributed by atoms with Crippen LogP contribution in [0.1, 0.15) is 26.2 Å². The summed E-state index contributed by atoms with van der Waals surface area (Å²) in [7, 11) is 6.42. The summed E-state index contributed by atoms with van der Waals surface area (Å²) in [6.45, 7) is 5.51. The summed E-state index contributed by atoms with van der Waals surface area (Å²) in [4.78, 5) is 4.66. The van der Waals surface area contributed by atoms with E-state index in [1.54, 1.807) is 0 Å². The van der Waals surface area contributed by atoms with Crippen molar-refractivity contribution in [1.29, 1.82) is 0 Å². The van der Waals surface area contributed by atoms with Crippen LogP contribution in [0.3, 0.4) is 0 Å². The summed E-state index contributed by atoms with van der Waals surface area (Å²) >= 11 is 0. The molecule has 0 aliphatic heterocycles. The van der Waals surface area contributed by atoms with Gasteiger partial charge in [0.15, 0.2) is 0 Å². The van der Waals surface area contributed by atoms with E-state index in [-0.39, 0.29) is 12.1 Å². The van der Waals surface area contributed by atoms with Crippen LogP contribution >= 0.6 is 0 Å². The van der Waals surface area contributed by atoms with Gasteiger partial charge in [-0.25, -0.2) is 0 Å². The number of nitrogens with one attached hydrogen (secondary N) is 1. The Morgan fingerprint density at radius 3 is 2.53 bits per heavy atom. The molecule has 0 saturated heterocycles. The van der Waals surface area contributed by atoms with Crippen molar-refractivity contribution >= 4 is 0 Å². The van der Waals surface area contributed by atoms with E-state index >= 15 is 0 Å². The Bertz CT molecular complexity index is 223. The van der Waals surface area contributed by atoms with Crippen LogP contribution in [-0.4, -0.2) is 73.9 Å². The zero-order valence-electron chi connectivity index (χ0n) is 11.9. The fourth-order valence-corrected chi connectivity index (χ4v) is 2.75. The van der Waals surface area contributed by atoms with Gasteiger partial charge in [-0.05, 0) is 47.0 Å². The van der Waals surface area contributed by atoms with E-state index in [1.165, 1.54) is 6.42 Å². The number of rotatable bonds is 7. The number of likely N-dealkylation sites (N-methyl/N-ethyl adjacent to an activating group) is 3. The highest BCUT2D eigenvalue weighted by Crippen LogP contribution is 2.32. The van der Waals surface area contributed by atoms with Gasteiger partial charge in [-0.1, -0.05) is 6.92 Å². The Kier molecular flexibility index (Phi) is 5.86. The van der Waals surface area contributed by atoms with Crippen LogP contribution in [0, 0.1) is 0 Å². The summed E-state index contributed by atoms with van der Waals surface area (Å²) in [5.74, 6) is 0. The van der Waals surface area contributed by atoms with Gasteiger partial charge in [-0.2, -0.15) is 0 Å². The van der Waals surface area contributed by atoms with Gasteiger partial charge in [-0.3, -0.25) is 0 Å². The predicted octanol–water partition coefficient (Wildman–Crippen LogP) is 0.373. The lowest BCUT2D eigenvalue weighted by Crippen LogP contribution is -2.48. The first kappa shape index (κ1) is 14.9. The molecule has 1 rings (SSSR count). The molecule has 0 aromatic carbocycles. The fourth-order valence-electron chi connectivity index (χ4n) is 2.75. The summed E-state index contributed by atoms with van der Waals surface area (Å²) < 4.78 is 0. The highest BCUT2D eigenvalue weighted by Gasteiger charge is 2.39. The van der Waals surface area contributed by atoms with Crippen molar-refractivity contribution in [3.8, 4) is 0 Å². The third kappa shape index (κ3) is 4.21. The van der Waals surface area contributed by atoms with Crippen molar-refractivity contribution in [2.75, 3.05) is 47.4 Å². The van der Waals surface area contributed by atoms with Crippen LogP contribution in [0.15, 0.2) is 0 Å². The standard InChI is InChI=1S/C13H29N3O/c1-5-14-13(11-17)7-6-12(10-13)16(4)9-8-15(2)3/h12,14,17H,5-11H2,1-4H3. The molecule has 0 amide bonds. The lowest BCUT2D eigenvalue weighted by Gasteiger charge is -2.30. The number of nitrogens with zero attached hydrogens (tertiary/aromatic N) is 2. The monoisotopic (exact) mass is 243 g/mol. The normalized spacial score (nSPS) is 29.5. The molecule has 1 fully saturated rings. The largest absolute Gasteiger partial charge is 0.394 e. The molecule has 1 aliphatic carbocycles. The Hall–Kier alpha value is -0.160. The van der Waals surface area contributed by atoms with E-state index in [0.717, 1.165) is 32.5 Å². The van der Waals surface area contributed by atoms with Crippen molar-refractivity contribution in [2.45, 2.75) is 37.8 Å². The lowest BCUT2D eigenvalue weighted by atomic mass is 9.98. The summed E-state index contributed by atoms with van der Waals surface area (Å²) in [6, 6.07) is 0.612. The van der Waals surface area contributed by atoms with Crippen LogP contribution in [0.25, 0.3) is 0 Å². The van der Waals surface area contributed by atoms with Crippen molar-refractivity contribution in [3.05, 3.63) is 0 Å². The SMILES string of the molecule is CCNC1(CO)CCC(N(C)CCN(C)C)C1. The summed E-state index contributed by atoms with van der Waals surface area (Å²) in [5.41, 5.74) is -0.0220. The van der Waals surface area contributed by atoms with Gasteiger partial charge < -0.3 is 20.2 Å².